The molecule has 0 saturated heterocycles. The van der Waals surface area contributed by atoms with E-state index in [0.717, 1.165) is 12.2 Å². The number of nitrogens with one attached hydrogen (secondary N) is 1. The third-order valence-electron chi connectivity index (χ3n) is 2.75. The minimum absolute atomic E-state index is 0.369. The van der Waals surface area contributed by atoms with Gasteiger partial charge in [-0.2, -0.15) is 0 Å². The molecule has 1 N–H and O–H groups in total. The molecule has 0 fully saturated rings. The van der Waals surface area contributed by atoms with Crippen molar-refractivity contribution in [1.29, 1.82) is 0 Å². The van der Waals surface area contributed by atoms with Crippen LogP contribution in [0.2, 0.25) is 5.15 Å². The molecule has 0 bridgehead atoms. The molecule has 0 aliphatic carbocycles. The Balaban J connectivity index is 2.59. The predicted octanol–water partition coefficient (Wildman–Crippen LogP) is 3.90. The second-order valence-corrected chi connectivity index (χ2v) is 5.53. The Kier molecular flexibility index (Phi) is 7.10. The summed E-state index contributed by atoms with van der Waals surface area (Å²) in [6, 6.07) is 2.12. The van der Waals surface area contributed by atoms with Crippen LogP contribution < -0.4 is 5.32 Å². The van der Waals surface area contributed by atoms with Gasteiger partial charge >= 0.3 is 0 Å². The molecule has 1 atom stereocenters. The number of rotatable bonds is 8. The predicted molar refractivity (Wildman–Crippen MR) is 79.5 cm³/mol. The van der Waals surface area contributed by atoms with Crippen molar-refractivity contribution in [3.05, 3.63) is 17.0 Å². The molecule has 5 heteroatoms. The number of halogens is 1. The maximum atomic E-state index is 5.99. The number of aromatic nitrogens is 2. The highest BCUT2D eigenvalue weighted by molar-refractivity contribution is 6.29. The summed E-state index contributed by atoms with van der Waals surface area (Å²) < 4.78 is 5.30. The Morgan fingerprint density at radius 1 is 1.26 bits per heavy atom. The highest BCUT2D eigenvalue weighted by atomic mass is 35.5. The Morgan fingerprint density at radius 3 is 2.63 bits per heavy atom. The zero-order chi connectivity index (χ0) is 14.3. The van der Waals surface area contributed by atoms with E-state index in [0.29, 0.717) is 36.2 Å². The van der Waals surface area contributed by atoms with Gasteiger partial charge in [0.2, 0.25) is 0 Å². The van der Waals surface area contributed by atoms with Gasteiger partial charge in [-0.05, 0) is 32.6 Å². The minimum atomic E-state index is 0.369. The molecule has 1 heterocycles. The average molecular weight is 286 g/mol. The van der Waals surface area contributed by atoms with Crippen LogP contribution in [0.4, 0.5) is 5.82 Å². The summed E-state index contributed by atoms with van der Waals surface area (Å²) in [5, 5.41) is 3.81. The first-order valence-electron chi connectivity index (χ1n) is 6.89. The van der Waals surface area contributed by atoms with E-state index in [2.05, 4.69) is 36.1 Å². The van der Waals surface area contributed by atoms with Crippen LogP contribution in [-0.2, 0) is 11.3 Å². The van der Waals surface area contributed by atoms with Crippen molar-refractivity contribution in [2.24, 2.45) is 5.92 Å². The third-order valence-corrected chi connectivity index (χ3v) is 2.94. The molecule has 0 amide bonds. The van der Waals surface area contributed by atoms with Gasteiger partial charge in [0.1, 0.15) is 17.6 Å². The number of nitrogens with zero attached hydrogens (tertiary/aromatic N) is 2. The standard InChI is InChI=1S/C14H24ClN3O/c1-5-19-9-14-17-12(15)8-13(18-14)16-11(4)7-6-10(2)3/h8,10-11H,5-7,9H2,1-4H3,(H,16,17,18). The summed E-state index contributed by atoms with van der Waals surface area (Å²) in [6.45, 7) is 9.59. The van der Waals surface area contributed by atoms with Gasteiger partial charge in [-0.1, -0.05) is 25.4 Å². The lowest BCUT2D eigenvalue weighted by molar-refractivity contribution is 0.128. The van der Waals surface area contributed by atoms with Crippen LogP contribution in [0.15, 0.2) is 6.07 Å². The molecule has 1 rings (SSSR count). The van der Waals surface area contributed by atoms with Crippen LogP contribution in [0.25, 0.3) is 0 Å². The monoisotopic (exact) mass is 285 g/mol. The highest BCUT2D eigenvalue weighted by Crippen LogP contribution is 2.15. The molecule has 108 valence electrons. The van der Waals surface area contributed by atoms with Crippen molar-refractivity contribution in [3.63, 3.8) is 0 Å². The SMILES string of the molecule is CCOCc1nc(Cl)cc(NC(C)CCC(C)C)n1. The van der Waals surface area contributed by atoms with Crippen molar-refractivity contribution in [2.45, 2.75) is 53.2 Å². The maximum Gasteiger partial charge on any atom is 0.158 e. The van der Waals surface area contributed by atoms with E-state index < -0.39 is 0 Å². The minimum Gasteiger partial charge on any atom is -0.374 e. The molecule has 0 aliphatic heterocycles. The van der Waals surface area contributed by atoms with E-state index in [1.54, 1.807) is 6.07 Å². The van der Waals surface area contributed by atoms with E-state index in [-0.39, 0.29) is 0 Å². The molecule has 1 unspecified atom stereocenters. The van der Waals surface area contributed by atoms with E-state index in [4.69, 9.17) is 16.3 Å². The quantitative estimate of drug-likeness (QED) is 0.736. The van der Waals surface area contributed by atoms with Crippen LogP contribution in [0.5, 0.6) is 0 Å². The fourth-order valence-corrected chi connectivity index (χ4v) is 1.91. The second kappa shape index (κ2) is 8.33. The lowest BCUT2D eigenvalue weighted by atomic mass is 10.0. The molecule has 4 nitrogen and oxygen atoms in total. The van der Waals surface area contributed by atoms with Crippen molar-refractivity contribution < 1.29 is 4.74 Å². The summed E-state index contributed by atoms with van der Waals surface area (Å²) in [4.78, 5) is 8.55. The van der Waals surface area contributed by atoms with Gasteiger partial charge in [0.25, 0.3) is 0 Å². The van der Waals surface area contributed by atoms with E-state index in [1.165, 1.54) is 6.42 Å². The lowest BCUT2D eigenvalue weighted by Gasteiger charge is -2.16. The normalized spacial score (nSPS) is 12.7. The van der Waals surface area contributed by atoms with Gasteiger partial charge in [-0.25, -0.2) is 9.97 Å². The smallest absolute Gasteiger partial charge is 0.158 e. The summed E-state index contributed by atoms with van der Waals surface area (Å²) in [7, 11) is 0. The van der Waals surface area contributed by atoms with Crippen molar-refractivity contribution in [3.8, 4) is 0 Å². The number of hydrogen-bond donors (Lipinski definition) is 1. The largest absolute Gasteiger partial charge is 0.374 e. The molecule has 0 spiro atoms. The van der Waals surface area contributed by atoms with Gasteiger partial charge in [0.15, 0.2) is 5.82 Å². The average Bonchev–Trinajstić information content (AvgIpc) is 2.33. The molecule has 0 saturated carbocycles. The molecule has 1 aromatic heterocycles. The maximum absolute atomic E-state index is 5.99. The molecular weight excluding hydrogens is 262 g/mol. The van der Waals surface area contributed by atoms with Crippen LogP contribution in [0.3, 0.4) is 0 Å². The Labute approximate surface area is 120 Å². The van der Waals surface area contributed by atoms with Gasteiger partial charge in [0, 0.05) is 18.7 Å². The summed E-state index contributed by atoms with van der Waals surface area (Å²) in [5.74, 6) is 2.10. The summed E-state index contributed by atoms with van der Waals surface area (Å²) >= 11 is 5.99. The van der Waals surface area contributed by atoms with Crippen LogP contribution >= 0.6 is 11.6 Å². The molecule has 0 aliphatic rings. The van der Waals surface area contributed by atoms with Gasteiger partial charge in [0.05, 0.1) is 0 Å². The second-order valence-electron chi connectivity index (χ2n) is 5.15. The van der Waals surface area contributed by atoms with Crippen LogP contribution in [-0.4, -0.2) is 22.6 Å². The highest BCUT2D eigenvalue weighted by Gasteiger charge is 2.07. The topological polar surface area (TPSA) is 47.0 Å². The first-order valence-corrected chi connectivity index (χ1v) is 7.26. The Morgan fingerprint density at radius 2 is 2.00 bits per heavy atom. The van der Waals surface area contributed by atoms with E-state index in [9.17, 15) is 0 Å². The molecular formula is C14H24ClN3O. The zero-order valence-corrected chi connectivity index (χ0v) is 13.0. The summed E-state index contributed by atoms with van der Waals surface area (Å²) in [6.07, 6.45) is 2.30. The lowest BCUT2D eigenvalue weighted by Crippen LogP contribution is -2.17. The van der Waals surface area contributed by atoms with Crippen molar-refractivity contribution >= 4 is 17.4 Å². The molecule has 1 aromatic rings. The molecule has 0 aromatic carbocycles. The fourth-order valence-electron chi connectivity index (χ4n) is 1.70. The fraction of sp³-hybridized carbons (Fsp3) is 0.714. The van der Waals surface area contributed by atoms with Crippen molar-refractivity contribution in [2.75, 3.05) is 11.9 Å². The first-order chi connectivity index (χ1) is 9.01. The Bertz CT molecular complexity index is 385. The third kappa shape index (κ3) is 6.73. The van der Waals surface area contributed by atoms with Gasteiger partial charge < -0.3 is 10.1 Å². The van der Waals surface area contributed by atoms with E-state index >= 15 is 0 Å². The summed E-state index contributed by atoms with van der Waals surface area (Å²) in [5.41, 5.74) is 0. The van der Waals surface area contributed by atoms with E-state index in [1.807, 2.05) is 6.92 Å². The molecule has 0 radical (unpaired) electrons. The molecule has 19 heavy (non-hydrogen) atoms. The number of hydrogen-bond acceptors (Lipinski definition) is 4. The van der Waals surface area contributed by atoms with Crippen LogP contribution in [0, 0.1) is 5.92 Å². The number of anilines is 1. The van der Waals surface area contributed by atoms with Gasteiger partial charge in [-0.15, -0.1) is 0 Å². The van der Waals surface area contributed by atoms with Crippen molar-refractivity contribution in [1.82, 2.24) is 9.97 Å². The van der Waals surface area contributed by atoms with Gasteiger partial charge in [-0.3, -0.25) is 0 Å². The zero-order valence-electron chi connectivity index (χ0n) is 12.2. The number of ether oxygens (including phenoxy) is 1. The first kappa shape index (κ1) is 16.2. The van der Waals surface area contributed by atoms with Crippen LogP contribution in [0.1, 0.15) is 46.4 Å². The Hall–Kier alpha value is -0.870.